The van der Waals surface area contributed by atoms with Gasteiger partial charge in [-0.2, -0.15) is 0 Å². The summed E-state index contributed by atoms with van der Waals surface area (Å²) in [4.78, 5) is 4.73. The van der Waals surface area contributed by atoms with Crippen LogP contribution in [-0.4, -0.2) is 0 Å². The molecule has 0 saturated carbocycles. The third-order valence-electron chi connectivity index (χ3n) is 14.6. The summed E-state index contributed by atoms with van der Waals surface area (Å²) in [6.45, 7) is 15.1. The second kappa shape index (κ2) is 18.6. The van der Waals surface area contributed by atoms with E-state index >= 15 is 0 Å². The number of hydrogen-bond acceptors (Lipinski definition) is 4. The first kappa shape index (κ1) is 45.0. The number of benzene rings is 9. The van der Waals surface area contributed by atoms with Crippen LogP contribution in [0.4, 0.5) is 28.4 Å². The SMILES string of the molecule is C=C/C(=C\C=C(/C)N(c1ccc2ccc3c(N(c4ccc(-c5ccccc5)cc4)c4cccc5c4oc4c(C)cccc45)ccc(ccc1C)c3c2C)c1cccc2c1oc1c(C)cccc12)c1ccccc1. The van der Waals surface area contributed by atoms with Crippen LogP contribution in [0.3, 0.4) is 0 Å². The molecule has 2 aromatic heterocycles. The van der Waals surface area contributed by atoms with Gasteiger partial charge in [-0.05, 0) is 138 Å². The van der Waals surface area contributed by atoms with E-state index in [4.69, 9.17) is 8.83 Å². The number of rotatable bonds is 10. The Morgan fingerprint density at radius 1 is 0.411 bits per heavy atom. The molecule has 0 spiro atoms. The second-order valence-electron chi connectivity index (χ2n) is 19.1. The Morgan fingerprint density at radius 3 is 1.60 bits per heavy atom. The maximum absolute atomic E-state index is 6.89. The van der Waals surface area contributed by atoms with E-state index in [1.54, 1.807) is 0 Å². The number of para-hydroxylation sites is 4. The molecule has 2 heterocycles. The molecule has 0 aliphatic carbocycles. The van der Waals surface area contributed by atoms with E-state index in [1.165, 1.54) is 16.5 Å². The highest BCUT2D eigenvalue weighted by Crippen LogP contribution is 2.47. The average molecular weight is 943 g/mol. The van der Waals surface area contributed by atoms with Crippen molar-refractivity contribution < 1.29 is 8.83 Å². The minimum atomic E-state index is 0.841. The van der Waals surface area contributed by atoms with E-state index in [-0.39, 0.29) is 0 Å². The van der Waals surface area contributed by atoms with Crippen LogP contribution in [0.15, 0.2) is 246 Å². The summed E-state index contributed by atoms with van der Waals surface area (Å²) in [7, 11) is 0. The van der Waals surface area contributed by atoms with Crippen molar-refractivity contribution in [2.75, 3.05) is 9.80 Å². The molecule has 4 heteroatoms. The molecule has 352 valence electrons. The Balaban J connectivity index is 1.06. The molecule has 0 radical (unpaired) electrons. The Kier molecular flexibility index (Phi) is 11.5. The fourth-order valence-corrected chi connectivity index (χ4v) is 10.8. The number of aryl methyl sites for hydroxylation is 4. The molecule has 0 fully saturated rings. The van der Waals surface area contributed by atoms with Gasteiger partial charge < -0.3 is 18.6 Å². The van der Waals surface area contributed by atoms with Crippen molar-refractivity contribution in [1.29, 1.82) is 0 Å². The molecule has 12 rings (SSSR count). The van der Waals surface area contributed by atoms with E-state index in [0.717, 1.165) is 128 Å². The molecule has 0 N–H and O–H groups in total. The predicted octanol–water partition coefficient (Wildman–Crippen LogP) is 20.0. The molecule has 12 aromatic rings. The molecule has 0 aliphatic rings. The van der Waals surface area contributed by atoms with Gasteiger partial charge in [0.1, 0.15) is 11.2 Å². The van der Waals surface area contributed by atoms with Gasteiger partial charge in [0.05, 0.1) is 17.1 Å². The van der Waals surface area contributed by atoms with Crippen LogP contribution < -0.4 is 9.80 Å². The molecule has 0 aliphatic heterocycles. The number of hydrogen-bond donors (Lipinski definition) is 0. The minimum Gasteiger partial charge on any atom is -0.454 e. The third kappa shape index (κ3) is 7.89. The van der Waals surface area contributed by atoms with E-state index in [2.05, 4.69) is 263 Å². The maximum Gasteiger partial charge on any atom is 0.159 e. The molecular formula is C69H54N2O2. The van der Waals surface area contributed by atoms with Gasteiger partial charge >= 0.3 is 0 Å². The fourth-order valence-electron chi connectivity index (χ4n) is 10.8. The lowest BCUT2D eigenvalue weighted by Crippen LogP contribution is -2.15. The van der Waals surface area contributed by atoms with E-state index in [9.17, 15) is 0 Å². The number of allylic oxidation sites excluding steroid dienone is 5. The summed E-state index contributed by atoms with van der Waals surface area (Å²) in [5, 5.41) is 9.01. The first-order valence-electron chi connectivity index (χ1n) is 25.0. The molecule has 10 aromatic carbocycles. The number of nitrogens with zero attached hydrogens (tertiary/aromatic N) is 2. The van der Waals surface area contributed by atoms with Crippen molar-refractivity contribution in [1.82, 2.24) is 0 Å². The number of furan rings is 2. The summed E-state index contributed by atoms with van der Waals surface area (Å²) < 4.78 is 13.8. The normalized spacial score (nSPS) is 12.1. The predicted molar refractivity (Wildman–Crippen MR) is 311 cm³/mol. The van der Waals surface area contributed by atoms with Crippen molar-refractivity contribution >= 4 is 99.4 Å². The highest BCUT2D eigenvalue weighted by molar-refractivity contribution is 6.15. The standard InChI is InChI=1S/C69H54N2O2/c1-7-49(51-20-10-8-11-21-51)33-31-47(5)70(63-28-16-26-58-56-24-14-18-45(3)66(56)72-68(58)63)61-42-37-50-36-41-60-62(43-38-54(32-30-44(61)2)65(60)48(50)6)71(55-39-34-53(35-40-55)52-22-12-9-13-23-52)64-29-17-27-59-57-25-15-19-46(4)67(57)73-69(59)64/h7-43H,1H2,2-6H3/b32-30?,42-37?,44-30?,47-31+,49-33+,50-37?,54-32?,61-42?,61-44?. The van der Waals surface area contributed by atoms with Crippen LogP contribution in [0.25, 0.3) is 82.1 Å². The largest absolute Gasteiger partial charge is 0.454 e. The smallest absolute Gasteiger partial charge is 0.159 e. The van der Waals surface area contributed by atoms with E-state index in [0.29, 0.717) is 0 Å². The monoisotopic (exact) mass is 942 g/mol. The number of anilines is 5. The van der Waals surface area contributed by atoms with Gasteiger partial charge in [-0.25, -0.2) is 0 Å². The zero-order valence-electron chi connectivity index (χ0n) is 41.8. The third-order valence-corrected chi connectivity index (χ3v) is 14.6. The Labute approximate surface area is 426 Å². The lowest BCUT2D eigenvalue weighted by atomic mass is 9.96. The van der Waals surface area contributed by atoms with Crippen LogP contribution in [0.5, 0.6) is 0 Å². The van der Waals surface area contributed by atoms with Crippen LogP contribution in [-0.2, 0) is 0 Å². The molecule has 0 atom stereocenters. The van der Waals surface area contributed by atoms with Crippen molar-refractivity contribution in [3.8, 4) is 11.1 Å². The molecule has 4 nitrogen and oxygen atoms in total. The van der Waals surface area contributed by atoms with Crippen LogP contribution >= 0.6 is 0 Å². The van der Waals surface area contributed by atoms with Gasteiger partial charge in [0.2, 0.25) is 0 Å². The average Bonchev–Trinajstić information content (AvgIpc) is 4.02. The minimum absolute atomic E-state index is 0.841. The lowest BCUT2D eigenvalue weighted by molar-refractivity contribution is 0.665. The topological polar surface area (TPSA) is 32.8 Å². The van der Waals surface area contributed by atoms with Crippen molar-refractivity contribution in [2.24, 2.45) is 0 Å². The van der Waals surface area contributed by atoms with Crippen LogP contribution in [0, 0.1) is 27.7 Å². The number of fused-ring (bicyclic) bond motifs is 7. The Hall–Kier alpha value is -9.12. The molecule has 2 bridgehead atoms. The van der Waals surface area contributed by atoms with Crippen molar-refractivity contribution in [2.45, 2.75) is 34.6 Å². The van der Waals surface area contributed by atoms with Gasteiger partial charge in [-0.3, -0.25) is 0 Å². The van der Waals surface area contributed by atoms with Gasteiger partial charge in [0.15, 0.2) is 11.2 Å². The summed E-state index contributed by atoms with van der Waals surface area (Å²) in [5.41, 5.74) is 18.6. The Bertz CT molecular complexity index is 4210. The first-order valence-corrected chi connectivity index (χ1v) is 25.0. The highest BCUT2D eigenvalue weighted by Gasteiger charge is 2.24. The van der Waals surface area contributed by atoms with Gasteiger partial charge in [-0.15, -0.1) is 0 Å². The summed E-state index contributed by atoms with van der Waals surface area (Å²) >= 11 is 0. The van der Waals surface area contributed by atoms with Crippen molar-refractivity contribution in [3.05, 3.63) is 265 Å². The van der Waals surface area contributed by atoms with Crippen LogP contribution in [0.2, 0.25) is 0 Å². The second-order valence-corrected chi connectivity index (χ2v) is 19.1. The summed E-state index contributed by atoms with van der Waals surface area (Å²) in [6, 6.07) is 73.9. The molecule has 0 amide bonds. The maximum atomic E-state index is 6.89. The van der Waals surface area contributed by atoms with Gasteiger partial charge in [0.25, 0.3) is 0 Å². The zero-order valence-corrected chi connectivity index (χ0v) is 41.8. The quantitative estimate of drug-likeness (QED) is 0.128. The molecule has 73 heavy (non-hydrogen) atoms. The summed E-state index contributed by atoms with van der Waals surface area (Å²) in [6.07, 6.45) is 6.27. The van der Waals surface area contributed by atoms with Crippen molar-refractivity contribution in [3.63, 3.8) is 0 Å². The lowest BCUT2D eigenvalue weighted by Gasteiger charge is -2.28. The fraction of sp³-hybridized carbons (Fsp3) is 0.0725. The van der Waals surface area contributed by atoms with E-state index in [1.807, 2.05) is 12.1 Å². The Morgan fingerprint density at radius 2 is 0.945 bits per heavy atom. The highest BCUT2D eigenvalue weighted by atomic mass is 16.3. The molecular weight excluding hydrogens is 889 g/mol. The first-order chi connectivity index (χ1) is 35.7. The van der Waals surface area contributed by atoms with E-state index < -0.39 is 0 Å². The van der Waals surface area contributed by atoms with Crippen LogP contribution in [0.1, 0.15) is 34.7 Å². The van der Waals surface area contributed by atoms with Gasteiger partial charge in [0, 0.05) is 44.0 Å². The molecule has 0 saturated heterocycles. The summed E-state index contributed by atoms with van der Waals surface area (Å²) in [5.74, 6) is 0. The zero-order chi connectivity index (χ0) is 49.7. The van der Waals surface area contributed by atoms with Gasteiger partial charge in [-0.1, -0.05) is 189 Å². The molecule has 0 unspecified atom stereocenters.